The Morgan fingerprint density at radius 2 is 2.04 bits per heavy atom. The lowest BCUT2D eigenvalue weighted by Crippen LogP contribution is -2.44. The van der Waals surface area contributed by atoms with Crippen LogP contribution in [0.3, 0.4) is 0 Å². The zero-order valence-electron chi connectivity index (χ0n) is 14.3. The van der Waals surface area contributed by atoms with Gasteiger partial charge in [-0.3, -0.25) is 10.1 Å². The molecular formula is C17H20N2O5S2. The van der Waals surface area contributed by atoms with Crippen molar-refractivity contribution in [2.45, 2.75) is 30.1 Å². The van der Waals surface area contributed by atoms with Gasteiger partial charge in [0.05, 0.1) is 9.82 Å². The Labute approximate surface area is 156 Å². The summed E-state index contributed by atoms with van der Waals surface area (Å²) in [5.74, 6) is 0. The zero-order valence-corrected chi connectivity index (χ0v) is 15.9. The van der Waals surface area contributed by atoms with E-state index in [9.17, 15) is 18.5 Å². The summed E-state index contributed by atoms with van der Waals surface area (Å²) in [5, 5.41) is 13.0. The third-order valence-electron chi connectivity index (χ3n) is 4.77. The number of aryl methyl sites for hydroxylation is 1. The van der Waals surface area contributed by atoms with Crippen LogP contribution in [0.2, 0.25) is 0 Å². The van der Waals surface area contributed by atoms with E-state index in [-0.39, 0.29) is 22.5 Å². The molecule has 9 heteroatoms. The highest BCUT2D eigenvalue weighted by atomic mass is 32.2. The molecule has 2 heterocycles. The molecule has 0 bridgehead atoms. The van der Waals surface area contributed by atoms with Crippen molar-refractivity contribution in [3.63, 3.8) is 0 Å². The van der Waals surface area contributed by atoms with Crippen molar-refractivity contribution < 1.29 is 18.1 Å². The molecule has 1 aliphatic rings. The van der Waals surface area contributed by atoms with Crippen LogP contribution in [0.5, 0.6) is 0 Å². The second kappa shape index (κ2) is 7.43. The second-order valence-corrected chi connectivity index (χ2v) is 9.08. The number of thiophene rings is 1. The molecule has 0 atom stereocenters. The molecule has 0 spiro atoms. The van der Waals surface area contributed by atoms with E-state index in [0.717, 1.165) is 23.8 Å². The molecule has 3 rings (SSSR count). The van der Waals surface area contributed by atoms with E-state index in [1.807, 2.05) is 17.5 Å². The van der Waals surface area contributed by atoms with Crippen molar-refractivity contribution in [3.8, 4) is 0 Å². The third kappa shape index (κ3) is 3.80. The van der Waals surface area contributed by atoms with Crippen LogP contribution in [0.15, 0.2) is 40.6 Å². The molecule has 0 aliphatic carbocycles. The van der Waals surface area contributed by atoms with E-state index in [0.29, 0.717) is 18.8 Å². The Hall–Kier alpha value is -1.81. The van der Waals surface area contributed by atoms with Gasteiger partial charge in [-0.2, -0.15) is 0 Å². The number of hydrogen-bond donors (Lipinski definition) is 1. The predicted molar refractivity (Wildman–Crippen MR) is 99.1 cm³/mol. The molecule has 1 saturated heterocycles. The average Bonchev–Trinajstić information content (AvgIpc) is 3.16. The maximum absolute atomic E-state index is 12.8. The lowest BCUT2D eigenvalue weighted by atomic mass is 9.79. The first kappa shape index (κ1) is 19.0. The molecule has 0 saturated carbocycles. The van der Waals surface area contributed by atoms with E-state index in [1.165, 1.54) is 12.1 Å². The van der Waals surface area contributed by atoms with E-state index in [2.05, 4.69) is 4.72 Å². The van der Waals surface area contributed by atoms with Gasteiger partial charge in [0.2, 0.25) is 10.0 Å². The fourth-order valence-corrected chi connectivity index (χ4v) is 5.53. The van der Waals surface area contributed by atoms with Crippen LogP contribution in [0.1, 0.15) is 23.3 Å². The van der Waals surface area contributed by atoms with Crippen LogP contribution in [-0.4, -0.2) is 33.1 Å². The molecule has 0 radical (unpaired) electrons. The Kier molecular flexibility index (Phi) is 5.42. The maximum atomic E-state index is 12.8. The molecule has 1 fully saturated rings. The minimum atomic E-state index is -3.87. The topological polar surface area (TPSA) is 98.5 Å². The number of nitro benzene ring substituents is 1. The molecule has 2 aromatic rings. The van der Waals surface area contributed by atoms with Crippen LogP contribution in [0.25, 0.3) is 0 Å². The lowest BCUT2D eigenvalue weighted by molar-refractivity contribution is -0.385. The molecular weight excluding hydrogens is 376 g/mol. The van der Waals surface area contributed by atoms with Gasteiger partial charge in [0.1, 0.15) is 0 Å². The summed E-state index contributed by atoms with van der Waals surface area (Å²) in [6.45, 7) is 3.02. The van der Waals surface area contributed by atoms with Crippen molar-refractivity contribution in [2.75, 3.05) is 19.8 Å². The van der Waals surface area contributed by atoms with Crippen LogP contribution >= 0.6 is 11.3 Å². The summed E-state index contributed by atoms with van der Waals surface area (Å²) in [7, 11) is -3.87. The number of non-ortho nitro benzene ring substituents is 1. The van der Waals surface area contributed by atoms with E-state index < -0.39 is 14.9 Å². The number of ether oxygens (including phenoxy) is 1. The van der Waals surface area contributed by atoms with E-state index in [1.54, 1.807) is 18.3 Å². The van der Waals surface area contributed by atoms with Crippen molar-refractivity contribution in [1.29, 1.82) is 0 Å². The molecule has 1 N–H and O–H groups in total. The summed E-state index contributed by atoms with van der Waals surface area (Å²) in [6, 6.07) is 7.84. The van der Waals surface area contributed by atoms with Crippen molar-refractivity contribution in [2.24, 2.45) is 0 Å². The normalized spacial score (nSPS) is 17.1. The largest absolute Gasteiger partial charge is 0.381 e. The quantitative estimate of drug-likeness (QED) is 0.598. The van der Waals surface area contributed by atoms with Crippen molar-refractivity contribution in [3.05, 3.63) is 56.3 Å². The van der Waals surface area contributed by atoms with Gasteiger partial charge in [0.15, 0.2) is 0 Å². The van der Waals surface area contributed by atoms with Gasteiger partial charge in [0, 0.05) is 42.2 Å². The number of sulfonamides is 1. The number of rotatable bonds is 6. The van der Waals surface area contributed by atoms with E-state index in [4.69, 9.17) is 4.74 Å². The molecule has 0 unspecified atom stereocenters. The standard InChI is InChI=1S/C17H20N2O5S2/c1-13-4-5-14(19(20)21)11-15(13)26(22,23)18-12-17(6-8-24-9-7-17)16-3-2-10-25-16/h2-5,10-11,18H,6-9,12H2,1H3. The molecule has 0 amide bonds. The number of nitrogens with one attached hydrogen (secondary N) is 1. The number of benzene rings is 1. The maximum Gasteiger partial charge on any atom is 0.270 e. The Balaban J connectivity index is 1.87. The first-order chi connectivity index (χ1) is 12.3. The predicted octanol–water partition coefficient (Wildman–Crippen LogP) is 2.99. The Bertz CT molecular complexity index is 888. The fourth-order valence-electron chi connectivity index (χ4n) is 3.16. The highest BCUT2D eigenvalue weighted by Gasteiger charge is 2.37. The van der Waals surface area contributed by atoms with Crippen molar-refractivity contribution >= 4 is 27.0 Å². The smallest absolute Gasteiger partial charge is 0.270 e. The van der Waals surface area contributed by atoms with Gasteiger partial charge >= 0.3 is 0 Å². The van der Waals surface area contributed by atoms with Gasteiger partial charge < -0.3 is 4.74 Å². The third-order valence-corrected chi connectivity index (χ3v) is 7.43. The zero-order chi connectivity index (χ0) is 18.8. The van der Waals surface area contributed by atoms with Crippen LogP contribution in [-0.2, 0) is 20.2 Å². The van der Waals surface area contributed by atoms with Gasteiger partial charge in [0.25, 0.3) is 5.69 Å². The van der Waals surface area contributed by atoms with Crippen LogP contribution in [0, 0.1) is 17.0 Å². The molecule has 1 aromatic heterocycles. The summed E-state index contributed by atoms with van der Waals surface area (Å²) in [4.78, 5) is 11.5. The van der Waals surface area contributed by atoms with Gasteiger partial charge in [-0.05, 0) is 36.8 Å². The molecule has 140 valence electrons. The van der Waals surface area contributed by atoms with Gasteiger partial charge in [-0.25, -0.2) is 13.1 Å². The number of nitrogens with zero attached hydrogens (tertiary/aromatic N) is 1. The van der Waals surface area contributed by atoms with E-state index >= 15 is 0 Å². The molecule has 1 aromatic carbocycles. The van der Waals surface area contributed by atoms with Crippen LogP contribution in [0.4, 0.5) is 5.69 Å². The summed E-state index contributed by atoms with van der Waals surface area (Å²) in [5.41, 5.74) is -0.0797. The Morgan fingerprint density at radius 3 is 2.65 bits per heavy atom. The summed E-state index contributed by atoms with van der Waals surface area (Å²) in [6.07, 6.45) is 1.45. The first-order valence-electron chi connectivity index (χ1n) is 8.21. The lowest BCUT2D eigenvalue weighted by Gasteiger charge is -2.36. The fraction of sp³-hybridized carbons (Fsp3) is 0.412. The van der Waals surface area contributed by atoms with Crippen molar-refractivity contribution in [1.82, 2.24) is 4.72 Å². The number of hydrogen-bond acceptors (Lipinski definition) is 6. The van der Waals surface area contributed by atoms with Gasteiger partial charge in [-0.1, -0.05) is 12.1 Å². The summed E-state index contributed by atoms with van der Waals surface area (Å²) >= 11 is 1.60. The highest BCUT2D eigenvalue weighted by Crippen LogP contribution is 2.37. The monoisotopic (exact) mass is 396 g/mol. The minimum Gasteiger partial charge on any atom is -0.381 e. The van der Waals surface area contributed by atoms with Gasteiger partial charge in [-0.15, -0.1) is 11.3 Å². The summed E-state index contributed by atoms with van der Waals surface area (Å²) < 4.78 is 33.8. The SMILES string of the molecule is Cc1ccc([N+](=O)[O-])cc1S(=O)(=O)NCC1(c2cccs2)CCOCC1. The number of nitro groups is 1. The molecule has 1 aliphatic heterocycles. The average molecular weight is 396 g/mol. The second-order valence-electron chi connectivity index (χ2n) is 6.40. The molecule has 7 nitrogen and oxygen atoms in total. The molecule has 26 heavy (non-hydrogen) atoms. The first-order valence-corrected chi connectivity index (χ1v) is 10.6. The Morgan fingerprint density at radius 1 is 1.31 bits per heavy atom. The minimum absolute atomic E-state index is 0.0555. The van der Waals surface area contributed by atoms with Crippen LogP contribution < -0.4 is 4.72 Å². The highest BCUT2D eigenvalue weighted by molar-refractivity contribution is 7.89.